The Labute approximate surface area is 63.6 Å². The molecule has 0 aromatic heterocycles. The van der Waals surface area contributed by atoms with E-state index >= 15 is 0 Å². The van der Waals surface area contributed by atoms with Crippen LogP contribution in [0.25, 0.3) is 0 Å². The van der Waals surface area contributed by atoms with E-state index in [4.69, 9.17) is 0 Å². The molecule has 0 N–H and O–H groups in total. The number of thiol groups is 1. The van der Waals surface area contributed by atoms with E-state index in [-0.39, 0.29) is 6.54 Å². The van der Waals surface area contributed by atoms with Crippen molar-refractivity contribution < 1.29 is 13.2 Å². The molecule has 5 heteroatoms. The first kappa shape index (κ1) is 10.1. The van der Waals surface area contributed by atoms with Gasteiger partial charge in [-0.3, -0.25) is 0 Å². The van der Waals surface area contributed by atoms with Crippen LogP contribution in [0.5, 0.6) is 0 Å². The molecule has 1 unspecified atom stereocenters. The molecule has 0 amide bonds. The largest absolute Gasteiger partial charge is 0.401 e. The molecule has 0 radical (unpaired) electrons. The van der Waals surface area contributed by atoms with Crippen LogP contribution in [0.4, 0.5) is 13.2 Å². The summed E-state index contributed by atoms with van der Waals surface area (Å²) in [6.45, 7) is -0.0768. The molecule has 0 aliphatic carbocycles. The lowest BCUT2D eigenvalue weighted by molar-refractivity contribution is -0.130. The second-order valence-corrected chi connectivity index (χ2v) is 2.94. The maximum absolute atomic E-state index is 11.7. The van der Waals surface area contributed by atoms with Gasteiger partial charge in [-0.15, -0.1) is 0 Å². The van der Waals surface area contributed by atoms with Crippen LogP contribution < -0.4 is 0 Å². The van der Waals surface area contributed by atoms with Crippen molar-refractivity contribution in [2.45, 2.75) is 11.4 Å². The normalized spacial score (nSPS) is 15.9. The van der Waals surface area contributed by atoms with Crippen LogP contribution in [0.3, 0.4) is 0 Å². The lowest BCUT2D eigenvalue weighted by Crippen LogP contribution is -2.33. The molecule has 0 spiro atoms. The summed E-state index contributed by atoms with van der Waals surface area (Å²) in [5.41, 5.74) is 0. The Morgan fingerprint density at radius 1 is 1.40 bits per heavy atom. The number of rotatable bonds is 2. The zero-order valence-electron chi connectivity index (χ0n) is 5.81. The molecule has 0 aromatic rings. The number of hydrogen-bond acceptors (Lipinski definition) is 2. The fourth-order valence-corrected chi connectivity index (χ4v) is 0.776. The second kappa shape index (κ2) is 3.48. The van der Waals surface area contributed by atoms with E-state index in [2.05, 4.69) is 12.6 Å². The first-order chi connectivity index (χ1) is 4.34. The summed E-state index contributed by atoms with van der Waals surface area (Å²) in [5, 5.41) is -1.54. The monoisotopic (exact) mass is 173 g/mol. The molecule has 1 atom stereocenters. The van der Waals surface area contributed by atoms with Gasteiger partial charge in [0.25, 0.3) is 0 Å². The van der Waals surface area contributed by atoms with Crippen molar-refractivity contribution in [1.29, 1.82) is 0 Å². The van der Waals surface area contributed by atoms with Crippen molar-refractivity contribution in [2.24, 2.45) is 0 Å². The molecule has 0 bridgehead atoms. The maximum atomic E-state index is 11.7. The molecule has 62 valence electrons. The van der Waals surface area contributed by atoms with E-state index < -0.39 is 11.4 Å². The van der Waals surface area contributed by atoms with Crippen LogP contribution in [0, 0.1) is 0 Å². The molecule has 0 heterocycles. The van der Waals surface area contributed by atoms with Crippen LogP contribution in [-0.2, 0) is 0 Å². The van der Waals surface area contributed by atoms with E-state index in [9.17, 15) is 13.2 Å². The first-order valence-corrected chi connectivity index (χ1v) is 3.25. The fraction of sp³-hybridized carbons (Fsp3) is 1.00. The molecule has 0 aliphatic rings. The molecular weight excluding hydrogens is 163 g/mol. The van der Waals surface area contributed by atoms with Gasteiger partial charge in [0.05, 0.1) is 0 Å². The molecule has 0 saturated carbocycles. The van der Waals surface area contributed by atoms with Gasteiger partial charge in [0.1, 0.15) is 5.25 Å². The number of hydrogen-bond donors (Lipinski definition) is 1. The van der Waals surface area contributed by atoms with E-state index in [0.717, 1.165) is 0 Å². The van der Waals surface area contributed by atoms with Crippen LogP contribution in [-0.4, -0.2) is 37.0 Å². The van der Waals surface area contributed by atoms with E-state index in [1.807, 2.05) is 0 Å². The average Bonchev–Trinajstić information content (AvgIpc) is 1.60. The zero-order valence-corrected chi connectivity index (χ0v) is 6.71. The highest BCUT2D eigenvalue weighted by Crippen LogP contribution is 2.24. The Morgan fingerprint density at radius 2 is 1.80 bits per heavy atom. The van der Waals surface area contributed by atoms with Crippen molar-refractivity contribution in [1.82, 2.24) is 4.90 Å². The molecule has 0 aromatic carbocycles. The molecule has 0 rings (SSSR count). The highest BCUT2D eigenvalue weighted by molar-refractivity contribution is 7.81. The quantitative estimate of drug-likeness (QED) is 0.618. The minimum Gasteiger partial charge on any atom is -0.308 e. The molecule has 10 heavy (non-hydrogen) atoms. The van der Waals surface area contributed by atoms with Crippen molar-refractivity contribution in [3.63, 3.8) is 0 Å². The van der Waals surface area contributed by atoms with Crippen LogP contribution in [0.1, 0.15) is 0 Å². The van der Waals surface area contributed by atoms with E-state index in [0.29, 0.717) is 0 Å². The summed E-state index contributed by atoms with van der Waals surface area (Å²) in [5.74, 6) is 0. The average molecular weight is 173 g/mol. The van der Waals surface area contributed by atoms with Gasteiger partial charge in [-0.1, -0.05) is 0 Å². The van der Waals surface area contributed by atoms with Gasteiger partial charge in [-0.05, 0) is 14.1 Å². The molecule has 0 fully saturated rings. The molecule has 0 aliphatic heterocycles. The van der Waals surface area contributed by atoms with Gasteiger partial charge in [0.15, 0.2) is 0 Å². The first-order valence-electron chi connectivity index (χ1n) is 2.73. The minimum absolute atomic E-state index is 0.0768. The number of halogens is 3. The highest BCUT2D eigenvalue weighted by atomic mass is 32.1. The van der Waals surface area contributed by atoms with Gasteiger partial charge in [0.2, 0.25) is 0 Å². The minimum atomic E-state index is -4.19. The van der Waals surface area contributed by atoms with Crippen molar-refractivity contribution in [3.05, 3.63) is 0 Å². The van der Waals surface area contributed by atoms with Crippen LogP contribution in [0.15, 0.2) is 0 Å². The van der Waals surface area contributed by atoms with Crippen LogP contribution in [0.2, 0.25) is 0 Å². The summed E-state index contributed by atoms with van der Waals surface area (Å²) in [4.78, 5) is 1.45. The molecular formula is C5H10F3NS. The van der Waals surface area contributed by atoms with Gasteiger partial charge >= 0.3 is 6.18 Å². The number of nitrogens with zero attached hydrogens (tertiary/aromatic N) is 1. The van der Waals surface area contributed by atoms with E-state index in [1.54, 1.807) is 14.1 Å². The third-order valence-corrected chi connectivity index (χ3v) is 1.37. The Hall–Kier alpha value is 0.100. The van der Waals surface area contributed by atoms with Gasteiger partial charge < -0.3 is 4.90 Å². The smallest absolute Gasteiger partial charge is 0.308 e. The lowest BCUT2D eigenvalue weighted by atomic mass is 10.4. The Balaban J connectivity index is 3.73. The topological polar surface area (TPSA) is 3.24 Å². The summed E-state index contributed by atoms with van der Waals surface area (Å²) >= 11 is 3.38. The maximum Gasteiger partial charge on any atom is 0.401 e. The third kappa shape index (κ3) is 4.00. The number of alkyl halides is 3. The van der Waals surface area contributed by atoms with Crippen molar-refractivity contribution in [2.75, 3.05) is 20.6 Å². The fourth-order valence-electron chi connectivity index (χ4n) is 0.449. The standard InChI is InChI=1S/C5H10F3NS/c1-9(2)3-4(10)5(6,7)8/h4,10H,3H2,1-2H3. The van der Waals surface area contributed by atoms with Gasteiger partial charge in [-0.2, -0.15) is 25.8 Å². The third-order valence-electron chi connectivity index (χ3n) is 0.916. The van der Waals surface area contributed by atoms with Gasteiger partial charge in [-0.25, -0.2) is 0 Å². The summed E-state index contributed by atoms with van der Waals surface area (Å²) in [7, 11) is 3.16. The van der Waals surface area contributed by atoms with Crippen LogP contribution >= 0.6 is 12.6 Å². The lowest BCUT2D eigenvalue weighted by Gasteiger charge is -2.18. The van der Waals surface area contributed by atoms with Crippen molar-refractivity contribution >= 4 is 12.6 Å². The zero-order chi connectivity index (χ0) is 8.36. The summed E-state index contributed by atoms with van der Waals surface area (Å²) < 4.78 is 35.1. The Bertz CT molecular complexity index is 102. The van der Waals surface area contributed by atoms with Gasteiger partial charge in [0, 0.05) is 6.54 Å². The summed E-state index contributed by atoms with van der Waals surface area (Å²) in [6, 6.07) is 0. The van der Waals surface area contributed by atoms with E-state index in [1.165, 1.54) is 4.90 Å². The molecule has 0 saturated heterocycles. The van der Waals surface area contributed by atoms with Crippen molar-refractivity contribution in [3.8, 4) is 0 Å². The SMILES string of the molecule is CN(C)CC(S)C(F)(F)F. The predicted octanol–water partition coefficient (Wildman–Crippen LogP) is 1.41. The second-order valence-electron chi connectivity index (χ2n) is 2.32. The molecule has 1 nitrogen and oxygen atoms in total. The Kier molecular flexibility index (Phi) is 3.51. The predicted molar refractivity (Wildman–Crippen MR) is 37.4 cm³/mol. The summed E-state index contributed by atoms with van der Waals surface area (Å²) in [6.07, 6.45) is -4.19. The highest BCUT2D eigenvalue weighted by Gasteiger charge is 2.36. The Morgan fingerprint density at radius 3 is 1.90 bits per heavy atom.